The highest BCUT2D eigenvalue weighted by Gasteiger charge is 1.98. The molecule has 2 nitrogen and oxygen atoms in total. The Kier molecular flexibility index (Phi) is 2.91. The molecule has 0 aliphatic carbocycles. The largest absolute Gasteiger partial charge is 0.390 e. The van der Waals surface area contributed by atoms with Gasteiger partial charge in [0, 0.05) is 11.1 Å². The minimum Gasteiger partial charge on any atom is -0.390 e. The van der Waals surface area contributed by atoms with E-state index in [9.17, 15) is 0 Å². The van der Waals surface area contributed by atoms with Gasteiger partial charge in [-0.05, 0) is 24.8 Å². The lowest BCUT2D eigenvalue weighted by atomic mass is 10.2. The van der Waals surface area contributed by atoms with Crippen LogP contribution in [0.4, 0.5) is 0 Å². The fourth-order valence-corrected chi connectivity index (χ4v) is 1.31. The highest BCUT2D eigenvalue weighted by molar-refractivity contribution is 7.98. The Morgan fingerprint density at radius 3 is 2.82 bits per heavy atom. The summed E-state index contributed by atoms with van der Waals surface area (Å²) in [4.78, 5) is 5.24. The zero-order valence-corrected chi connectivity index (χ0v) is 7.48. The number of rotatable bonds is 2. The monoisotopic (exact) mass is 169 g/mol. The first-order valence-electron chi connectivity index (χ1n) is 3.38. The molecule has 0 aromatic carbocycles. The van der Waals surface area contributed by atoms with Crippen LogP contribution in [-0.2, 0) is 6.61 Å². The Bertz CT molecular complexity index is 250. The maximum Gasteiger partial charge on any atom is 0.0855 e. The van der Waals surface area contributed by atoms with Crippen LogP contribution in [0.1, 0.15) is 11.3 Å². The second-order valence-electron chi connectivity index (χ2n) is 2.30. The summed E-state index contributed by atoms with van der Waals surface area (Å²) in [5.74, 6) is 0. The lowest BCUT2D eigenvalue weighted by Gasteiger charge is -2.02. The third kappa shape index (κ3) is 1.94. The minimum absolute atomic E-state index is 0.0283. The molecule has 60 valence electrons. The van der Waals surface area contributed by atoms with E-state index in [2.05, 4.69) is 4.98 Å². The molecule has 1 N–H and O–H groups in total. The molecule has 11 heavy (non-hydrogen) atoms. The first-order valence-corrected chi connectivity index (χ1v) is 4.60. The molecule has 0 aliphatic heterocycles. The summed E-state index contributed by atoms with van der Waals surface area (Å²) in [5.41, 5.74) is 1.82. The van der Waals surface area contributed by atoms with E-state index in [0.717, 1.165) is 16.2 Å². The quantitative estimate of drug-likeness (QED) is 0.683. The van der Waals surface area contributed by atoms with E-state index in [1.54, 1.807) is 18.0 Å². The second-order valence-corrected chi connectivity index (χ2v) is 3.18. The topological polar surface area (TPSA) is 33.1 Å². The predicted octanol–water partition coefficient (Wildman–Crippen LogP) is 1.60. The van der Waals surface area contributed by atoms with E-state index in [1.165, 1.54) is 0 Å². The number of pyridine rings is 1. The van der Waals surface area contributed by atoms with Gasteiger partial charge in [-0.15, -0.1) is 11.8 Å². The molecule has 0 aliphatic rings. The summed E-state index contributed by atoms with van der Waals surface area (Å²) in [6.45, 7) is 1.98. The van der Waals surface area contributed by atoms with Gasteiger partial charge in [-0.25, -0.2) is 0 Å². The summed E-state index contributed by atoms with van der Waals surface area (Å²) in [5, 5.41) is 8.81. The Morgan fingerprint density at radius 2 is 2.36 bits per heavy atom. The molecule has 0 bridgehead atoms. The van der Waals surface area contributed by atoms with Gasteiger partial charge in [-0.3, -0.25) is 4.98 Å². The smallest absolute Gasteiger partial charge is 0.0855 e. The molecule has 1 rings (SSSR count). The molecular weight excluding hydrogens is 158 g/mol. The van der Waals surface area contributed by atoms with E-state index in [4.69, 9.17) is 5.11 Å². The van der Waals surface area contributed by atoms with Crippen molar-refractivity contribution in [3.05, 3.63) is 23.5 Å². The lowest BCUT2D eigenvalue weighted by Crippen LogP contribution is -1.92. The number of hydrogen-bond acceptors (Lipinski definition) is 3. The molecule has 0 spiro atoms. The number of aromatic nitrogens is 1. The summed E-state index contributed by atoms with van der Waals surface area (Å²) in [6, 6.07) is 2.03. The highest BCUT2D eigenvalue weighted by Crippen LogP contribution is 2.16. The van der Waals surface area contributed by atoms with Crippen molar-refractivity contribution in [2.24, 2.45) is 0 Å². The van der Waals surface area contributed by atoms with Crippen LogP contribution in [0, 0.1) is 6.92 Å². The van der Waals surface area contributed by atoms with Crippen molar-refractivity contribution >= 4 is 11.8 Å². The Morgan fingerprint density at radius 1 is 1.64 bits per heavy atom. The summed E-state index contributed by atoms with van der Waals surface area (Å²) in [7, 11) is 0. The van der Waals surface area contributed by atoms with Crippen molar-refractivity contribution in [2.45, 2.75) is 18.4 Å². The molecule has 3 heteroatoms. The van der Waals surface area contributed by atoms with Crippen molar-refractivity contribution in [1.29, 1.82) is 0 Å². The minimum atomic E-state index is 0.0283. The molecule has 0 amide bonds. The van der Waals surface area contributed by atoms with Crippen LogP contribution < -0.4 is 0 Å². The van der Waals surface area contributed by atoms with Gasteiger partial charge in [0.1, 0.15) is 0 Å². The van der Waals surface area contributed by atoms with Gasteiger partial charge in [0.15, 0.2) is 0 Å². The molecule has 1 aromatic rings. The molecule has 1 aromatic heterocycles. The highest BCUT2D eigenvalue weighted by atomic mass is 32.2. The van der Waals surface area contributed by atoms with E-state index >= 15 is 0 Å². The lowest BCUT2D eigenvalue weighted by molar-refractivity contribution is 0.276. The summed E-state index contributed by atoms with van der Waals surface area (Å²) in [6.07, 6.45) is 3.79. The molecule has 0 saturated carbocycles. The number of thioether (sulfide) groups is 1. The van der Waals surface area contributed by atoms with Crippen molar-refractivity contribution < 1.29 is 5.11 Å². The van der Waals surface area contributed by atoms with Crippen LogP contribution >= 0.6 is 11.8 Å². The second kappa shape index (κ2) is 3.74. The van der Waals surface area contributed by atoms with Crippen LogP contribution in [-0.4, -0.2) is 16.3 Å². The van der Waals surface area contributed by atoms with Crippen molar-refractivity contribution in [1.82, 2.24) is 4.98 Å². The molecule has 0 atom stereocenters. The maximum atomic E-state index is 8.81. The molecule has 0 fully saturated rings. The van der Waals surface area contributed by atoms with Crippen LogP contribution in [0.5, 0.6) is 0 Å². The average molecular weight is 169 g/mol. The molecule has 1 heterocycles. The third-order valence-corrected chi connectivity index (χ3v) is 2.24. The zero-order valence-electron chi connectivity index (χ0n) is 6.66. The maximum absolute atomic E-state index is 8.81. The Labute approximate surface area is 70.7 Å². The summed E-state index contributed by atoms with van der Waals surface area (Å²) < 4.78 is 0. The average Bonchev–Trinajstić information content (AvgIpc) is 2.04. The molecular formula is C8H11NOS. The van der Waals surface area contributed by atoms with Crippen LogP contribution in [0.3, 0.4) is 0 Å². The van der Waals surface area contributed by atoms with E-state index in [0.29, 0.717) is 0 Å². The molecule has 0 saturated heterocycles. The van der Waals surface area contributed by atoms with Crippen LogP contribution in [0.2, 0.25) is 0 Å². The first-order chi connectivity index (χ1) is 5.27. The van der Waals surface area contributed by atoms with Crippen LogP contribution in [0.25, 0.3) is 0 Å². The molecule has 0 radical (unpaired) electrons. The Hall–Kier alpha value is -0.540. The number of aliphatic hydroxyl groups is 1. The van der Waals surface area contributed by atoms with Gasteiger partial charge in [0.25, 0.3) is 0 Å². The standard InChI is InChI=1S/C8H11NOS/c1-6-3-7(11-2)4-9-8(6)5-10/h3-4,10H,5H2,1-2H3. The van der Waals surface area contributed by atoms with E-state index < -0.39 is 0 Å². The van der Waals surface area contributed by atoms with Gasteiger partial charge in [0.2, 0.25) is 0 Å². The predicted molar refractivity (Wildman–Crippen MR) is 46.7 cm³/mol. The first kappa shape index (κ1) is 8.56. The van der Waals surface area contributed by atoms with Gasteiger partial charge in [0.05, 0.1) is 12.3 Å². The molecule has 0 unspecified atom stereocenters. The fraction of sp³-hybridized carbons (Fsp3) is 0.375. The normalized spacial score (nSPS) is 10.1. The van der Waals surface area contributed by atoms with E-state index in [1.807, 2.05) is 19.2 Å². The van der Waals surface area contributed by atoms with Gasteiger partial charge in [-0.1, -0.05) is 0 Å². The third-order valence-electron chi connectivity index (χ3n) is 1.55. The number of aliphatic hydroxyl groups excluding tert-OH is 1. The van der Waals surface area contributed by atoms with Crippen molar-refractivity contribution in [3.63, 3.8) is 0 Å². The number of nitrogens with zero attached hydrogens (tertiary/aromatic N) is 1. The van der Waals surface area contributed by atoms with Crippen molar-refractivity contribution in [2.75, 3.05) is 6.26 Å². The van der Waals surface area contributed by atoms with E-state index in [-0.39, 0.29) is 6.61 Å². The summed E-state index contributed by atoms with van der Waals surface area (Å²) >= 11 is 1.66. The van der Waals surface area contributed by atoms with Gasteiger partial charge in [-0.2, -0.15) is 0 Å². The van der Waals surface area contributed by atoms with Gasteiger partial charge < -0.3 is 5.11 Å². The SMILES string of the molecule is CSc1cnc(CO)c(C)c1. The fourth-order valence-electron chi connectivity index (χ4n) is 0.854. The van der Waals surface area contributed by atoms with Crippen molar-refractivity contribution in [3.8, 4) is 0 Å². The Balaban J connectivity index is 2.99. The number of aryl methyl sites for hydroxylation is 1. The van der Waals surface area contributed by atoms with Crippen LogP contribution in [0.15, 0.2) is 17.2 Å². The zero-order chi connectivity index (χ0) is 8.27. The number of hydrogen-bond donors (Lipinski definition) is 1. The van der Waals surface area contributed by atoms with Gasteiger partial charge >= 0.3 is 0 Å².